The molecule has 0 fully saturated rings. The van der Waals surface area contributed by atoms with E-state index in [1.807, 2.05) is 18.2 Å². The van der Waals surface area contributed by atoms with E-state index in [-0.39, 0.29) is 16.6 Å². The van der Waals surface area contributed by atoms with Crippen LogP contribution < -0.4 is 5.32 Å². The van der Waals surface area contributed by atoms with Crippen molar-refractivity contribution in [1.29, 1.82) is 0 Å². The standard InChI is InChI=1S/C23H26N4O3S2/c1-26(2)32(29,30)19-14-12-17(13-15-19)24-22(28)16-31-23-25-20-10-6-7-11-21(20)27(23)18-8-4-3-5-9-18/h3-5,8-9,12-15H,6-7,10-11,16H2,1-2H3,(H,24,28). The van der Waals surface area contributed by atoms with Crippen molar-refractivity contribution >= 4 is 33.4 Å². The first-order chi connectivity index (χ1) is 15.4. The quantitative estimate of drug-likeness (QED) is 0.532. The van der Waals surface area contributed by atoms with Crippen molar-refractivity contribution in [3.8, 4) is 5.69 Å². The van der Waals surface area contributed by atoms with Gasteiger partial charge >= 0.3 is 0 Å². The largest absolute Gasteiger partial charge is 0.325 e. The minimum absolute atomic E-state index is 0.168. The normalized spacial score (nSPS) is 13.7. The fourth-order valence-electron chi connectivity index (χ4n) is 3.70. The van der Waals surface area contributed by atoms with Crippen molar-refractivity contribution in [3.63, 3.8) is 0 Å². The van der Waals surface area contributed by atoms with Gasteiger partial charge in [-0.3, -0.25) is 9.36 Å². The predicted octanol–water partition coefficient (Wildman–Crippen LogP) is 3.73. The van der Waals surface area contributed by atoms with E-state index in [0.717, 1.165) is 46.5 Å². The Kier molecular flexibility index (Phi) is 6.68. The van der Waals surface area contributed by atoms with Gasteiger partial charge in [-0.25, -0.2) is 17.7 Å². The maximum absolute atomic E-state index is 12.6. The minimum Gasteiger partial charge on any atom is -0.325 e. The molecule has 1 aliphatic rings. The number of nitrogens with zero attached hydrogens (tertiary/aromatic N) is 3. The molecular formula is C23H26N4O3S2. The number of hydrogen-bond donors (Lipinski definition) is 1. The predicted molar refractivity (Wildman–Crippen MR) is 127 cm³/mol. The molecule has 0 radical (unpaired) electrons. The van der Waals surface area contributed by atoms with Gasteiger partial charge in [-0.05, 0) is 62.1 Å². The monoisotopic (exact) mass is 470 g/mol. The molecule has 1 heterocycles. The van der Waals surface area contributed by atoms with E-state index in [0.29, 0.717) is 5.69 Å². The minimum atomic E-state index is -3.50. The Morgan fingerprint density at radius 1 is 1.06 bits per heavy atom. The van der Waals surface area contributed by atoms with Gasteiger partial charge in [-0.1, -0.05) is 30.0 Å². The highest BCUT2D eigenvalue weighted by atomic mass is 32.2. The number of thioether (sulfide) groups is 1. The zero-order valence-corrected chi connectivity index (χ0v) is 19.7. The highest BCUT2D eigenvalue weighted by molar-refractivity contribution is 7.99. The zero-order valence-electron chi connectivity index (χ0n) is 18.1. The number of imidazole rings is 1. The number of aromatic nitrogens is 2. The van der Waals surface area contributed by atoms with E-state index < -0.39 is 10.0 Å². The number of hydrogen-bond acceptors (Lipinski definition) is 5. The van der Waals surface area contributed by atoms with Crippen LogP contribution in [0, 0.1) is 0 Å². The SMILES string of the molecule is CN(C)S(=O)(=O)c1ccc(NC(=O)CSc2nc3c(n2-c2ccccc2)CCCC3)cc1. The molecule has 168 valence electrons. The van der Waals surface area contributed by atoms with Crippen LogP contribution in [0.25, 0.3) is 5.69 Å². The van der Waals surface area contributed by atoms with Gasteiger partial charge in [0.2, 0.25) is 15.9 Å². The van der Waals surface area contributed by atoms with E-state index in [2.05, 4.69) is 22.0 Å². The first kappa shape index (κ1) is 22.6. The lowest BCUT2D eigenvalue weighted by molar-refractivity contribution is -0.113. The number of nitrogens with one attached hydrogen (secondary N) is 1. The summed E-state index contributed by atoms with van der Waals surface area (Å²) in [6.07, 6.45) is 4.25. The first-order valence-electron chi connectivity index (χ1n) is 10.5. The van der Waals surface area contributed by atoms with Crippen molar-refractivity contribution in [2.75, 3.05) is 25.2 Å². The first-order valence-corrected chi connectivity index (χ1v) is 12.9. The highest BCUT2D eigenvalue weighted by Gasteiger charge is 2.22. The molecule has 0 bridgehead atoms. The number of carbonyl (C=O) groups excluding carboxylic acids is 1. The van der Waals surface area contributed by atoms with Crippen LogP contribution in [0.3, 0.4) is 0 Å². The van der Waals surface area contributed by atoms with Crippen LogP contribution in [0.15, 0.2) is 64.6 Å². The summed E-state index contributed by atoms with van der Waals surface area (Å²) in [7, 11) is -0.525. The van der Waals surface area contributed by atoms with Gasteiger partial charge < -0.3 is 5.32 Å². The molecule has 32 heavy (non-hydrogen) atoms. The molecule has 0 atom stereocenters. The Labute approximate surface area is 192 Å². The lowest BCUT2D eigenvalue weighted by atomic mass is 10.0. The number of rotatable bonds is 7. The summed E-state index contributed by atoms with van der Waals surface area (Å²) in [6, 6.07) is 16.3. The Bertz CT molecular complexity index is 1200. The number of aryl methyl sites for hydroxylation is 1. The summed E-state index contributed by atoms with van der Waals surface area (Å²) in [6.45, 7) is 0. The molecule has 1 amide bonds. The van der Waals surface area contributed by atoms with E-state index in [9.17, 15) is 13.2 Å². The van der Waals surface area contributed by atoms with E-state index in [1.54, 1.807) is 12.1 Å². The summed E-state index contributed by atoms with van der Waals surface area (Å²) in [5, 5.41) is 3.66. The van der Waals surface area contributed by atoms with Gasteiger partial charge in [0, 0.05) is 31.2 Å². The van der Waals surface area contributed by atoms with Gasteiger partial charge in [-0.2, -0.15) is 0 Å². The van der Waals surface area contributed by atoms with Crippen molar-refractivity contribution in [2.24, 2.45) is 0 Å². The van der Waals surface area contributed by atoms with Crippen LogP contribution in [0.1, 0.15) is 24.2 Å². The lowest BCUT2D eigenvalue weighted by Crippen LogP contribution is -2.22. The third-order valence-corrected chi connectivity index (χ3v) is 8.13. The summed E-state index contributed by atoms with van der Waals surface area (Å²) < 4.78 is 27.7. The Morgan fingerprint density at radius 3 is 2.44 bits per heavy atom. The molecule has 0 saturated heterocycles. The smallest absolute Gasteiger partial charge is 0.242 e. The molecule has 0 aliphatic heterocycles. The topological polar surface area (TPSA) is 84.3 Å². The number of para-hydroxylation sites is 1. The second kappa shape index (κ2) is 9.48. The van der Waals surface area contributed by atoms with Crippen LogP contribution in [0.5, 0.6) is 0 Å². The van der Waals surface area contributed by atoms with Gasteiger partial charge in [-0.15, -0.1) is 0 Å². The molecule has 1 aromatic heterocycles. The fourth-order valence-corrected chi connectivity index (χ4v) is 5.46. The second-order valence-electron chi connectivity index (χ2n) is 7.81. The molecule has 2 aromatic carbocycles. The number of benzene rings is 2. The molecule has 9 heteroatoms. The Hall–Kier alpha value is -2.62. The molecule has 0 saturated carbocycles. The van der Waals surface area contributed by atoms with Crippen LogP contribution in [0.2, 0.25) is 0 Å². The molecule has 0 unspecified atom stereocenters. The van der Waals surface area contributed by atoms with Crippen molar-refractivity contribution in [2.45, 2.75) is 35.7 Å². The molecule has 0 spiro atoms. The highest BCUT2D eigenvalue weighted by Crippen LogP contribution is 2.30. The summed E-state index contributed by atoms with van der Waals surface area (Å²) in [5.74, 6) is 0.0410. The third kappa shape index (κ3) is 4.74. The average Bonchev–Trinajstić information content (AvgIpc) is 3.17. The number of carbonyl (C=O) groups is 1. The summed E-state index contributed by atoms with van der Waals surface area (Å²) in [5.41, 5.74) is 3.98. The molecule has 1 N–H and O–H groups in total. The zero-order chi connectivity index (χ0) is 22.7. The van der Waals surface area contributed by atoms with Gasteiger partial charge in [0.25, 0.3) is 0 Å². The molecular weight excluding hydrogens is 444 g/mol. The van der Waals surface area contributed by atoms with E-state index in [4.69, 9.17) is 4.98 Å². The van der Waals surface area contributed by atoms with Crippen LogP contribution >= 0.6 is 11.8 Å². The van der Waals surface area contributed by atoms with Gasteiger partial charge in [0.05, 0.1) is 16.3 Å². The van der Waals surface area contributed by atoms with Gasteiger partial charge in [0.1, 0.15) is 0 Å². The molecule has 1 aliphatic carbocycles. The number of amides is 1. The molecule has 3 aromatic rings. The molecule has 4 rings (SSSR count). The van der Waals surface area contributed by atoms with Crippen molar-refractivity contribution in [1.82, 2.24) is 13.9 Å². The maximum atomic E-state index is 12.6. The van der Waals surface area contributed by atoms with E-state index in [1.165, 1.54) is 43.7 Å². The molecule has 7 nitrogen and oxygen atoms in total. The van der Waals surface area contributed by atoms with Crippen LogP contribution in [0.4, 0.5) is 5.69 Å². The average molecular weight is 471 g/mol. The van der Waals surface area contributed by atoms with Crippen molar-refractivity contribution in [3.05, 3.63) is 66.0 Å². The Morgan fingerprint density at radius 2 is 1.75 bits per heavy atom. The fraction of sp³-hybridized carbons (Fsp3) is 0.304. The number of anilines is 1. The lowest BCUT2D eigenvalue weighted by Gasteiger charge is -2.15. The maximum Gasteiger partial charge on any atom is 0.242 e. The summed E-state index contributed by atoms with van der Waals surface area (Å²) in [4.78, 5) is 17.6. The number of fused-ring (bicyclic) bond motifs is 1. The van der Waals surface area contributed by atoms with E-state index >= 15 is 0 Å². The summed E-state index contributed by atoms with van der Waals surface area (Å²) >= 11 is 1.41. The van der Waals surface area contributed by atoms with Crippen molar-refractivity contribution < 1.29 is 13.2 Å². The van der Waals surface area contributed by atoms with Crippen LogP contribution in [-0.4, -0.2) is 48.0 Å². The number of sulfonamides is 1. The van der Waals surface area contributed by atoms with Gasteiger partial charge in [0.15, 0.2) is 5.16 Å². The second-order valence-corrected chi connectivity index (χ2v) is 10.9. The third-order valence-electron chi connectivity index (χ3n) is 5.37. The van der Waals surface area contributed by atoms with Crippen LogP contribution in [-0.2, 0) is 27.7 Å². The Balaban J connectivity index is 1.46.